The quantitative estimate of drug-likeness (QED) is 0.148. The first kappa shape index (κ1) is 29.6. The van der Waals surface area contributed by atoms with Gasteiger partial charge in [-0.25, -0.2) is 4.79 Å². The summed E-state index contributed by atoms with van der Waals surface area (Å²) in [5.74, 6) is 0.367. The number of benzene rings is 4. The zero-order valence-corrected chi connectivity index (χ0v) is 24.3. The van der Waals surface area contributed by atoms with Crippen molar-refractivity contribution in [3.63, 3.8) is 0 Å². The molecule has 0 unspecified atom stereocenters. The van der Waals surface area contributed by atoms with E-state index in [9.17, 15) is 14.4 Å². The van der Waals surface area contributed by atoms with Crippen LogP contribution in [0.15, 0.2) is 109 Å². The van der Waals surface area contributed by atoms with Crippen LogP contribution in [0.2, 0.25) is 0 Å². The largest absolute Gasteiger partial charge is 0.492 e. The standard InChI is InChI=1S/C36H36N2O5/c1-42-36(41)33(37-32-18-9-8-17-31(32)34(39)27-11-4-2-5-12-27)25-26-19-21-30(22-20-26)43-24-23-38(29-15-6-3-7-16-29)35(40)28-13-10-14-28/h2-9,11-12,15-22,28,33,37H,10,13-14,23-25H2,1H3/t33-/m1/s1. The third-order valence-electron chi connectivity index (χ3n) is 7.76. The molecule has 0 aliphatic heterocycles. The van der Waals surface area contributed by atoms with E-state index in [0.717, 1.165) is 30.5 Å². The zero-order chi connectivity index (χ0) is 30.0. The SMILES string of the molecule is COC(=O)[C@@H](Cc1ccc(OCCN(C(=O)C2CCC2)c2ccccc2)cc1)Nc1ccccc1C(=O)c1ccccc1. The molecule has 0 bridgehead atoms. The summed E-state index contributed by atoms with van der Waals surface area (Å²) < 4.78 is 11.1. The number of ether oxygens (including phenoxy) is 2. The molecule has 7 heteroatoms. The molecule has 43 heavy (non-hydrogen) atoms. The number of nitrogens with zero attached hydrogens (tertiary/aromatic N) is 1. The summed E-state index contributed by atoms with van der Waals surface area (Å²) in [4.78, 5) is 40.8. The summed E-state index contributed by atoms with van der Waals surface area (Å²) in [5, 5.41) is 3.24. The molecule has 1 saturated carbocycles. The Balaban J connectivity index is 1.22. The van der Waals surface area contributed by atoms with Crippen LogP contribution in [0.4, 0.5) is 11.4 Å². The van der Waals surface area contributed by atoms with Crippen LogP contribution in [0.5, 0.6) is 5.75 Å². The number of hydrogen-bond acceptors (Lipinski definition) is 6. The van der Waals surface area contributed by atoms with Crippen molar-refractivity contribution in [2.75, 3.05) is 30.5 Å². The van der Waals surface area contributed by atoms with E-state index in [1.54, 1.807) is 30.3 Å². The molecule has 0 heterocycles. The molecule has 0 spiro atoms. The molecule has 1 N–H and O–H groups in total. The molecule has 4 aromatic rings. The number of rotatable bonds is 13. The van der Waals surface area contributed by atoms with Gasteiger partial charge in [0.2, 0.25) is 5.91 Å². The molecule has 1 aliphatic rings. The second-order valence-corrected chi connectivity index (χ2v) is 10.6. The zero-order valence-electron chi connectivity index (χ0n) is 24.3. The molecule has 1 fully saturated rings. The van der Waals surface area contributed by atoms with Gasteiger partial charge in [0.05, 0.1) is 13.7 Å². The monoisotopic (exact) mass is 576 g/mol. The number of nitrogens with one attached hydrogen (secondary N) is 1. The fraction of sp³-hybridized carbons (Fsp3) is 0.250. The summed E-state index contributed by atoms with van der Waals surface area (Å²) in [7, 11) is 1.35. The van der Waals surface area contributed by atoms with Crippen molar-refractivity contribution in [3.8, 4) is 5.75 Å². The van der Waals surface area contributed by atoms with Crippen molar-refractivity contribution >= 4 is 29.0 Å². The average molecular weight is 577 g/mol. The van der Waals surface area contributed by atoms with Gasteiger partial charge in [0.15, 0.2) is 5.78 Å². The average Bonchev–Trinajstić information content (AvgIpc) is 3.03. The fourth-order valence-corrected chi connectivity index (χ4v) is 5.14. The first-order valence-electron chi connectivity index (χ1n) is 14.6. The van der Waals surface area contributed by atoms with Gasteiger partial charge in [-0.3, -0.25) is 9.59 Å². The first-order valence-corrected chi connectivity index (χ1v) is 14.6. The van der Waals surface area contributed by atoms with Gasteiger partial charge in [-0.2, -0.15) is 0 Å². The maximum absolute atomic E-state index is 13.2. The number of carbonyl (C=O) groups is 3. The maximum Gasteiger partial charge on any atom is 0.328 e. The van der Waals surface area contributed by atoms with Crippen LogP contribution < -0.4 is 15.0 Å². The number of esters is 1. The Bertz CT molecular complexity index is 1520. The minimum absolute atomic E-state index is 0.0966. The van der Waals surface area contributed by atoms with Crippen molar-refractivity contribution in [2.45, 2.75) is 31.7 Å². The Morgan fingerprint density at radius 1 is 0.837 bits per heavy atom. The topological polar surface area (TPSA) is 84.9 Å². The molecule has 7 nitrogen and oxygen atoms in total. The summed E-state index contributed by atoms with van der Waals surface area (Å²) in [6.07, 6.45) is 3.34. The molecular weight excluding hydrogens is 540 g/mol. The van der Waals surface area contributed by atoms with Gasteiger partial charge in [-0.1, -0.05) is 79.2 Å². The van der Waals surface area contributed by atoms with Gasteiger partial charge in [0, 0.05) is 34.8 Å². The highest BCUT2D eigenvalue weighted by Gasteiger charge is 2.30. The highest BCUT2D eigenvalue weighted by Crippen LogP contribution is 2.30. The minimum atomic E-state index is -0.710. The van der Waals surface area contributed by atoms with Crippen LogP contribution in [-0.2, 0) is 20.7 Å². The van der Waals surface area contributed by atoms with Crippen LogP contribution in [0.3, 0.4) is 0 Å². The van der Waals surface area contributed by atoms with Crippen LogP contribution in [0.1, 0.15) is 40.7 Å². The van der Waals surface area contributed by atoms with Gasteiger partial charge in [-0.15, -0.1) is 0 Å². The molecule has 5 rings (SSSR count). The van der Waals surface area contributed by atoms with E-state index in [1.165, 1.54) is 7.11 Å². The minimum Gasteiger partial charge on any atom is -0.492 e. The van der Waals surface area contributed by atoms with Crippen LogP contribution in [0, 0.1) is 5.92 Å². The van der Waals surface area contributed by atoms with E-state index >= 15 is 0 Å². The fourth-order valence-electron chi connectivity index (χ4n) is 5.14. The first-order chi connectivity index (χ1) is 21.0. The maximum atomic E-state index is 13.2. The highest BCUT2D eigenvalue weighted by molar-refractivity contribution is 6.12. The smallest absolute Gasteiger partial charge is 0.328 e. The van der Waals surface area contributed by atoms with E-state index in [4.69, 9.17) is 9.47 Å². The lowest BCUT2D eigenvalue weighted by Gasteiger charge is -2.31. The molecule has 4 aromatic carbocycles. The van der Waals surface area contributed by atoms with Gasteiger partial charge in [0.25, 0.3) is 0 Å². The number of ketones is 1. The third kappa shape index (κ3) is 7.49. The molecule has 220 valence electrons. The van der Waals surface area contributed by atoms with E-state index < -0.39 is 12.0 Å². The summed E-state index contributed by atoms with van der Waals surface area (Å²) in [6.45, 7) is 0.807. The van der Waals surface area contributed by atoms with Crippen molar-refractivity contribution in [1.29, 1.82) is 0 Å². The van der Waals surface area contributed by atoms with Crippen LogP contribution in [-0.4, -0.2) is 44.0 Å². The summed E-state index contributed by atoms with van der Waals surface area (Å²) in [6, 6.07) is 32.7. The summed E-state index contributed by atoms with van der Waals surface area (Å²) >= 11 is 0. The van der Waals surface area contributed by atoms with Crippen molar-refractivity contribution < 1.29 is 23.9 Å². The predicted molar refractivity (Wildman–Crippen MR) is 168 cm³/mol. The van der Waals surface area contributed by atoms with Gasteiger partial charge in [0.1, 0.15) is 18.4 Å². The molecule has 1 aliphatic carbocycles. The number of para-hydroxylation sites is 2. The lowest BCUT2D eigenvalue weighted by atomic mass is 9.84. The summed E-state index contributed by atoms with van der Waals surface area (Å²) in [5.41, 5.74) is 3.39. The van der Waals surface area contributed by atoms with Crippen LogP contribution in [0.25, 0.3) is 0 Å². The second kappa shape index (κ2) is 14.3. The van der Waals surface area contributed by atoms with Gasteiger partial charge < -0.3 is 19.7 Å². The Kier molecular flexibility index (Phi) is 9.85. The molecule has 0 saturated heterocycles. The molecule has 0 radical (unpaired) electrons. The lowest BCUT2D eigenvalue weighted by molar-refractivity contribution is -0.141. The van der Waals surface area contributed by atoms with Crippen LogP contribution >= 0.6 is 0 Å². The van der Waals surface area contributed by atoms with E-state index in [2.05, 4.69) is 5.32 Å². The van der Waals surface area contributed by atoms with E-state index in [0.29, 0.717) is 42.1 Å². The van der Waals surface area contributed by atoms with Gasteiger partial charge >= 0.3 is 5.97 Å². The highest BCUT2D eigenvalue weighted by atomic mass is 16.5. The number of hydrogen-bond donors (Lipinski definition) is 1. The normalized spacial score (nSPS) is 13.3. The number of methoxy groups -OCH3 is 1. The predicted octanol–water partition coefficient (Wildman–Crippen LogP) is 6.33. The second-order valence-electron chi connectivity index (χ2n) is 10.6. The number of amides is 1. The Labute approximate surface area is 252 Å². The molecular formula is C36H36N2O5. The van der Waals surface area contributed by atoms with E-state index in [1.807, 2.05) is 83.8 Å². The molecule has 1 amide bonds. The third-order valence-corrected chi connectivity index (χ3v) is 7.76. The number of anilines is 2. The Hall–Kier alpha value is -4.91. The molecule has 1 atom stereocenters. The Morgan fingerprint density at radius 3 is 2.14 bits per heavy atom. The Morgan fingerprint density at radius 2 is 1.49 bits per heavy atom. The molecule has 0 aromatic heterocycles. The van der Waals surface area contributed by atoms with Gasteiger partial charge in [-0.05, 0) is 54.8 Å². The van der Waals surface area contributed by atoms with E-state index in [-0.39, 0.29) is 17.6 Å². The van der Waals surface area contributed by atoms with Crippen molar-refractivity contribution in [1.82, 2.24) is 0 Å². The van der Waals surface area contributed by atoms with Crippen molar-refractivity contribution in [3.05, 3.63) is 126 Å². The van der Waals surface area contributed by atoms with Crippen molar-refractivity contribution in [2.24, 2.45) is 5.92 Å². The number of carbonyl (C=O) groups excluding carboxylic acids is 3. The lowest BCUT2D eigenvalue weighted by Crippen LogP contribution is -2.41.